The van der Waals surface area contributed by atoms with Crippen molar-refractivity contribution in [2.75, 3.05) is 0 Å². The molecule has 0 aliphatic carbocycles. The third-order valence-corrected chi connectivity index (χ3v) is 6.79. The first-order valence-corrected chi connectivity index (χ1v) is 15.3. The van der Waals surface area contributed by atoms with Crippen LogP contribution in [0.2, 0.25) is 0 Å². The van der Waals surface area contributed by atoms with Gasteiger partial charge in [-0.15, -0.1) is 0 Å². The van der Waals surface area contributed by atoms with E-state index in [1.54, 1.807) is 0 Å². The Hall–Kier alpha value is -4.42. The van der Waals surface area contributed by atoms with E-state index in [9.17, 15) is 0 Å². The van der Waals surface area contributed by atoms with Crippen molar-refractivity contribution in [1.29, 1.82) is 0 Å². The van der Waals surface area contributed by atoms with Crippen LogP contribution < -0.4 is 0 Å². The molecule has 0 amide bonds. The molecular formula is C42H46. The van der Waals surface area contributed by atoms with Gasteiger partial charge < -0.3 is 0 Å². The zero-order chi connectivity index (χ0) is 30.2. The van der Waals surface area contributed by atoms with Crippen molar-refractivity contribution in [3.8, 4) is 0 Å². The topological polar surface area (TPSA) is 0 Å². The van der Waals surface area contributed by atoms with Crippen molar-refractivity contribution in [3.05, 3.63) is 157 Å². The summed E-state index contributed by atoms with van der Waals surface area (Å²) in [6, 6.07) is 50.7. The molecule has 0 atom stereocenters. The fourth-order valence-electron chi connectivity index (χ4n) is 4.83. The Bertz CT molecular complexity index is 1470. The Kier molecular flexibility index (Phi) is 13.3. The third-order valence-electron chi connectivity index (χ3n) is 6.79. The summed E-state index contributed by atoms with van der Waals surface area (Å²) >= 11 is 0. The Labute approximate surface area is 253 Å². The van der Waals surface area contributed by atoms with Crippen molar-refractivity contribution < 1.29 is 0 Å². The minimum atomic E-state index is 1.25. The van der Waals surface area contributed by atoms with Crippen LogP contribution in [-0.2, 0) is 0 Å². The van der Waals surface area contributed by atoms with Crippen LogP contribution >= 0.6 is 0 Å². The van der Waals surface area contributed by atoms with Gasteiger partial charge in [0, 0.05) is 0 Å². The molecule has 0 saturated heterocycles. The molecule has 7 aromatic rings. The number of fused-ring (bicyclic) bond motifs is 4. The smallest absolute Gasteiger partial charge is 0.0146 e. The maximum absolute atomic E-state index is 2.21. The first-order chi connectivity index (χ1) is 20.5. The van der Waals surface area contributed by atoms with E-state index in [4.69, 9.17) is 0 Å². The van der Waals surface area contributed by atoms with Gasteiger partial charge in [0.15, 0.2) is 0 Å². The fourth-order valence-corrected chi connectivity index (χ4v) is 4.83. The highest BCUT2D eigenvalue weighted by Gasteiger charge is 2.06. The Morgan fingerprint density at radius 2 is 0.429 bits per heavy atom. The van der Waals surface area contributed by atoms with Gasteiger partial charge >= 0.3 is 0 Å². The van der Waals surface area contributed by atoms with Crippen molar-refractivity contribution in [3.63, 3.8) is 0 Å². The van der Waals surface area contributed by atoms with E-state index >= 15 is 0 Å². The van der Waals surface area contributed by atoms with Crippen molar-refractivity contribution in [1.82, 2.24) is 0 Å². The molecule has 7 aromatic carbocycles. The summed E-state index contributed by atoms with van der Waals surface area (Å²) in [6.07, 6.45) is 2.50. The predicted molar refractivity (Wildman–Crippen MR) is 191 cm³/mol. The van der Waals surface area contributed by atoms with E-state index in [1.165, 1.54) is 67.1 Å². The molecule has 0 fully saturated rings. The normalized spacial score (nSPS) is 9.86. The van der Waals surface area contributed by atoms with Gasteiger partial charge in [-0.05, 0) is 68.1 Å². The SMILES string of the molecule is CCC.CCC.Cc1c2ccccc2c(C)c2ccccc12.c1ccc2ccccc2c1.c1ccc2ccccc2c1. The second-order valence-corrected chi connectivity index (χ2v) is 10.4. The van der Waals surface area contributed by atoms with E-state index in [2.05, 4.69) is 187 Å². The molecule has 0 unspecified atom stereocenters. The van der Waals surface area contributed by atoms with E-state index in [-0.39, 0.29) is 0 Å². The summed E-state index contributed by atoms with van der Waals surface area (Å²) in [5.74, 6) is 0. The quantitative estimate of drug-likeness (QED) is 0.165. The zero-order valence-corrected chi connectivity index (χ0v) is 26.3. The van der Waals surface area contributed by atoms with Gasteiger partial charge in [0.25, 0.3) is 0 Å². The van der Waals surface area contributed by atoms with Gasteiger partial charge in [-0.25, -0.2) is 0 Å². The molecule has 0 N–H and O–H groups in total. The summed E-state index contributed by atoms with van der Waals surface area (Å²) in [5, 5.41) is 10.7. The number of hydrogen-bond acceptors (Lipinski definition) is 0. The first-order valence-electron chi connectivity index (χ1n) is 15.3. The van der Waals surface area contributed by atoms with Gasteiger partial charge in [-0.1, -0.05) is 186 Å². The summed E-state index contributed by atoms with van der Waals surface area (Å²) in [5.41, 5.74) is 2.77. The molecule has 214 valence electrons. The van der Waals surface area contributed by atoms with Crippen LogP contribution in [-0.4, -0.2) is 0 Å². The molecule has 0 aliphatic rings. The minimum absolute atomic E-state index is 1.25. The highest BCUT2D eigenvalue weighted by Crippen LogP contribution is 2.31. The van der Waals surface area contributed by atoms with Crippen molar-refractivity contribution >= 4 is 43.1 Å². The van der Waals surface area contributed by atoms with Crippen LogP contribution in [0.5, 0.6) is 0 Å². The number of benzene rings is 7. The van der Waals surface area contributed by atoms with Gasteiger partial charge in [-0.2, -0.15) is 0 Å². The molecule has 0 nitrogen and oxygen atoms in total. The molecule has 0 spiro atoms. The summed E-state index contributed by atoms with van der Waals surface area (Å²) < 4.78 is 0. The summed E-state index contributed by atoms with van der Waals surface area (Å²) in [7, 11) is 0. The molecule has 0 heterocycles. The van der Waals surface area contributed by atoms with Gasteiger partial charge in [0.1, 0.15) is 0 Å². The number of rotatable bonds is 0. The molecule has 0 radical (unpaired) electrons. The maximum atomic E-state index is 2.21. The molecular weight excluding hydrogens is 504 g/mol. The largest absolute Gasteiger partial charge is 0.0656 e. The standard InChI is InChI=1S/C16H14.2C10H8.2C3H8/c1-11-13-7-3-5-9-15(13)12(2)16-10-6-4-8-14(11)16;2*1-2-6-10-8-4-3-7-9(10)5-1;2*1-3-2/h3-10H,1-2H3;2*1-8H;2*3H2,1-2H3. The van der Waals surface area contributed by atoms with Crippen LogP contribution in [0.25, 0.3) is 43.1 Å². The van der Waals surface area contributed by atoms with Gasteiger partial charge in [-0.3, -0.25) is 0 Å². The average Bonchev–Trinajstić information content (AvgIpc) is 3.05. The first kappa shape index (κ1) is 32.1. The monoisotopic (exact) mass is 550 g/mol. The third kappa shape index (κ3) is 8.79. The second-order valence-electron chi connectivity index (χ2n) is 10.4. The lowest BCUT2D eigenvalue weighted by Gasteiger charge is -2.11. The Morgan fingerprint density at radius 1 is 0.286 bits per heavy atom. The lowest BCUT2D eigenvalue weighted by molar-refractivity contribution is 1.09. The van der Waals surface area contributed by atoms with Crippen LogP contribution in [0.15, 0.2) is 146 Å². The van der Waals surface area contributed by atoms with Gasteiger partial charge in [0.2, 0.25) is 0 Å². The van der Waals surface area contributed by atoms with E-state index < -0.39 is 0 Å². The molecule has 0 bridgehead atoms. The lowest BCUT2D eigenvalue weighted by atomic mass is 9.93. The lowest BCUT2D eigenvalue weighted by Crippen LogP contribution is -1.87. The highest BCUT2D eigenvalue weighted by atomic mass is 14.1. The fraction of sp³-hybridized carbons (Fsp3) is 0.190. The molecule has 42 heavy (non-hydrogen) atoms. The van der Waals surface area contributed by atoms with E-state index in [1.807, 2.05) is 0 Å². The molecule has 0 aliphatic heterocycles. The molecule has 7 rings (SSSR count). The summed E-state index contributed by atoms with van der Waals surface area (Å²) in [4.78, 5) is 0. The molecule has 0 aromatic heterocycles. The zero-order valence-electron chi connectivity index (χ0n) is 26.3. The van der Waals surface area contributed by atoms with Crippen LogP contribution in [0.3, 0.4) is 0 Å². The minimum Gasteiger partial charge on any atom is -0.0656 e. The predicted octanol–water partition coefficient (Wildman–Crippen LogP) is 13.1. The van der Waals surface area contributed by atoms with Crippen LogP contribution in [0.1, 0.15) is 51.7 Å². The van der Waals surface area contributed by atoms with Crippen LogP contribution in [0, 0.1) is 13.8 Å². The van der Waals surface area contributed by atoms with Crippen molar-refractivity contribution in [2.24, 2.45) is 0 Å². The molecule has 0 saturated carbocycles. The Morgan fingerprint density at radius 3 is 0.595 bits per heavy atom. The van der Waals surface area contributed by atoms with Gasteiger partial charge in [0.05, 0.1) is 0 Å². The number of aryl methyl sites for hydroxylation is 2. The highest BCUT2D eigenvalue weighted by molar-refractivity contribution is 6.05. The number of hydrogen-bond donors (Lipinski definition) is 0. The van der Waals surface area contributed by atoms with E-state index in [0.717, 1.165) is 0 Å². The summed E-state index contributed by atoms with van der Waals surface area (Å²) in [6.45, 7) is 12.9. The van der Waals surface area contributed by atoms with Crippen molar-refractivity contribution in [2.45, 2.75) is 54.4 Å². The maximum Gasteiger partial charge on any atom is -0.0146 e. The van der Waals surface area contributed by atoms with E-state index in [0.29, 0.717) is 0 Å². The average molecular weight is 551 g/mol. The van der Waals surface area contributed by atoms with Crippen LogP contribution in [0.4, 0.5) is 0 Å². The molecule has 0 heteroatoms. The Balaban J connectivity index is 0.000000163. The second kappa shape index (κ2) is 17.4.